The van der Waals surface area contributed by atoms with Crippen LogP contribution in [0.4, 0.5) is 11.4 Å². The van der Waals surface area contributed by atoms with Crippen LogP contribution < -0.4 is 10.6 Å². The summed E-state index contributed by atoms with van der Waals surface area (Å²) in [6.45, 7) is 0.379. The molecule has 3 rings (SSSR count). The lowest BCUT2D eigenvalue weighted by atomic mass is 10.1. The Balaban J connectivity index is 1.70. The van der Waals surface area contributed by atoms with Gasteiger partial charge in [-0.15, -0.1) is 0 Å². The van der Waals surface area contributed by atoms with E-state index in [9.17, 15) is 4.79 Å². The first-order chi connectivity index (χ1) is 13.0. The molecule has 0 saturated heterocycles. The molecule has 0 heterocycles. The zero-order valence-electron chi connectivity index (χ0n) is 14.3. The predicted molar refractivity (Wildman–Crippen MR) is 113 cm³/mol. The Bertz CT molecular complexity index is 939. The number of carbonyl (C=O) groups excluding carboxylic acids is 1. The minimum absolute atomic E-state index is 0.102. The average Bonchev–Trinajstić information content (AvgIpc) is 2.65. The molecule has 138 valence electrons. The third-order valence-corrected chi connectivity index (χ3v) is 5.02. The summed E-state index contributed by atoms with van der Waals surface area (Å²) in [5.41, 5.74) is 3.11. The first kappa shape index (κ1) is 19.6. The second kappa shape index (κ2) is 9.14. The number of amides is 1. The van der Waals surface area contributed by atoms with E-state index in [1.807, 2.05) is 42.5 Å². The number of benzene rings is 3. The summed E-state index contributed by atoms with van der Waals surface area (Å²) in [5, 5.41) is 7.79. The normalized spacial score (nSPS) is 10.5. The molecule has 0 unspecified atom stereocenters. The molecule has 3 aromatic carbocycles. The predicted octanol–water partition coefficient (Wildman–Crippen LogP) is 6.25. The fourth-order valence-corrected chi connectivity index (χ4v) is 3.31. The molecule has 0 aliphatic rings. The fraction of sp³-hybridized carbons (Fsp3) is 0.0952. The maximum Gasteiger partial charge on any atom is 0.224 e. The Morgan fingerprint density at radius 2 is 1.33 bits per heavy atom. The molecule has 2 N–H and O–H groups in total. The monoisotopic (exact) mass is 418 g/mol. The van der Waals surface area contributed by atoms with Crippen molar-refractivity contribution < 1.29 is 4.79 Å². The van der Waals surface area contributed by atoms with Gasteiger partial charge in [-0.2, -0.15) is 0 Å². The lowest BCUT2D eigenvalue weighted by Crippen LogP contribution is -2.25. The van der Waals surface area contributed by atoms with Gasteiger partial charge in [0.1, 0.15) is 0 Å². The molecule has 3 nitrogen and oxygen atoms in total. The van der Waals surface area contributed by atoms with Crippen LogP contribution in [-0.4, -0.2) is 5.91 Å². The van der Waals surface area contributed by atoms with Gasteiger partial charge in [0.05, 0.1) is 22.2 Å². The van der Waals surface area contributed by atoms with E-state index < -0.39 is 0 Å². The standard InChI is InChI=1S/C21H17Cl3N2O/c22-16-8-3-1-7-15(16)13-25-20(27)12-14-6-2-4-11-19(14)26-21-17(23)9-5-10-18(21)24/h1-11,26H,12-13H2,(H,25,27). The molecule has 6 heteroatoms. The van der Waals surface area contributed by atoms with E-state index in [2.05, 4.69) is 10.6 Å². The Morgan fingerprint density at radius 1 is 0.741 bits per heavy atom. The molecule has 27 heavy (non-hydrogen) atoms. The van der Waals surface area contributed by atoms with Crippen molar-refractivity contribution >= 4 is 52.1 Å². The lowest BCUT2D eigenvalue weighted by molar-refractivity contribution is -0.120. The van der Waals surface area contributed by atoms with Crippen LogP contribution in [0, 0.1) is 0 Å². The van der Waals surface area contributed by atoms with Crippen molar-refractivity contribution in [2.75, 3.05) is 5.32 Å². The van der Waals surface area contributed by atoms with Gasteiger partial charge in [0.15, 0.2) is 0 Å². The van der Waals surface area contributed by atoms with E-state index in [1.54, 1.807) is 24.3 Å². The topological polar surface area (TPSA) is 41.1 Å². The number of hydrogen-bond acceptors (Lipinski definition) is 2. The highest BCUT2D eigenvalue weighted by molar-refractivity contribution is 6.39. The van der Waals surface area contributed by atoms with Gasteiger partial charge in [0, 0.05) is 17.3 Å². The summed E-state index contributed by atoms with van der Waals surface area (Å²) < 4.78 is 0. The Hall–Kier alpha value is -2.20. The van der Waals surface area contributed by atoms with E-state index in [0.717, 1.165) is 16.8 Å². The zero-order valence-corrected chi connectivity index (χ0v) is 16.6. The molecular formula is C21H17Cl3N2O. The molecule has 0 radical (unpaired) electrons. The molecule has 0 fully saturated rings. The second-order valence-electron chi connectivity index (χ2n) is 5.92. The van der Waals surface area contributed by atoms with Crippen LogP contribution >= 0.6 is 34.8 Å². The number of rotatable bonds is 6. The molecule has 0 aliphatic heterocycles. The number of nitrogens with one attached hydrogen (secondary N) is 2. The summed E-state index contributed by atoms with van der Waals surface area (Å²) in [5.74, 6) is -0.102. The van der Waals surface area contributed by atoms with Gasteiger partial charge in [0.25, 0.3) is 0 Å². The van der Waals surface area contributed by atoms with Crippen molar-refractivity contribution in [3.8, 4) is 0 Å². The van der Waals surface area contributed by atoms with Crippen molar-refractivity contribution in [3.05, 3.63) is 92.9 Å². The van der Waals surface area contributed by atoms with Crippen molar-refractivity contribution in [1.82, 2.24) is 5.32 Å². The van der Waals surface area contributed by atoms with E-state index in [0.29, 0.717) is 27.3 Å². The minimum Gasteiger partial charge on any atom is -0.353 e. The molecule has 1 amide bonds. The minimum atomic E-state index is -0.102. The molecule has 0 bridgehead atoms. The Labute approximate surface area is 173 Å². The van der Waals surface area contributed by atoms with Crippen molar-refractivity contribution in [3.63, 3.8) is 0 Å². The smallest absolute Gasteiger partial charge is 0.224 e. The first-order valence-corrected chi connectivity index (χ1v) is 9.47. The maximum absolute atomic E-state index is 12.4. The van der Waals surface area contributed by atoms with Crippen molar-refractivity contribution in [1.29, 1.82) is 0 Å². The largest absolute Gasteiger partial charge is 0.353 e. The molecular weight excluding hydrogens is 403 g/mol. The summed E-state index contributed by atoms with van der Waals surface area (Å²) in [6, 6.07) is 20.3. The quantitative estimate of drug-likeness (QED) is 0.496. The van der Waals surface area contributed by atoms with Gasteiger partial charge in [-0.1, -0.05) is 77.3 Å². The average molecular weight is 420 g/mol. The van der Waals surface area contributed by atoms with E-state index in [-0.39, 0.29) is 12.3 Å². The SMILES string of the molecule is O=C(Cc1ccccc1Nc1c(Cl)cccc1Cl)NCc1ccccc1Cl. The van der Waals surface area contributed by atoms with Gasteiger partial charge >= 0.3 is 0 Å². The summed E-state index contributed by atoms with van der Waals surface area (Å²) in [7, 11) is 0. The number of anilines is 2. The molecule has 0 atom stereocenters. The van der Waals surface area contributed by atoms with Crippen LogP contribution in [0.1, 0.15) is 11.1 Å². The van der Waals surface area contributed by atoms with Crippen LogP contribution in [0.25, 0.3) is 0 Å². The highest BCUT2D eigenvalue weighted by Crippen LogP contribution is 2.33. The van der Waals surface area contributed by atoms with Gasteiger partial charge in [-0.05, 0) is 35.4 Å². The van der Waals surface area contributed by atoms with Crippen LogP contribution in [0.5, 0.6) is 0 Å². The van der Waals surface area contributed by atoms with Crippen LogP contribution in [-0.2, 0) is 17.8 Å². The second-order valence-corrected chi connectivity index (χ2v) is 7.15. The molecule has 0 spiro atoms. The third-order valence-electron chi connectivity index (χ3n) is 4.02. The van der Waals surface area contributed by atoms with Gasteiger partial charge in [0.2, 0.25) is 5.91 Å². The number of halogens is 3. The molecule has 0 saturated carbocycles. The van der Waals surface area contributed by atoms with Crippen molar-refractivity contribution in [2.24, 2.45) is 0 Å². The van der Waals surface area contributed by atoms with Crippen LogP contribution in [0.15, 0.2) is 66.7 Å². The Kier molecular flexibility index (Phi) is 6.62. The number of hydrogen-bond donors (Lipinski definition) is 2. The van der Waals surface area contributed by atoms with Crippen LogP contribution in [0.3, 0.4) is 0 Å². The fourth-order valence-electron chi connectivity index (χ4n) is 2.62. The maximum atomic E-state index is 12.4. The van der Waals surface area contributed by atoms with Gasteiger partial charge in [-0.25, -0.2) is 0 Å². The third kappa shape index (κ3) is 5.16. The van der Waals surface area contributed by atoms with Gasteiger partial charge < -0.3 is 10.6 Å². The lowest BCUT2D eigenvalue weighted by Gasteiger charge is -2.14. The molecule has 0 aliphatic carbocycles. The van der Waals surface area contributed by atoms with E-state index >= 15 is 0 Å². The summed E-state index contributed by atoms with van der Waals surface area (Å²) in [4.78, 5) is 12.4. The first-order valence-electron chi connectivity index (χ1n) is 8.33. The Morgan fingerprint density at radius 3 is 2.04 bits per heavy atom. The molecule has 0 aromatic heterocycles. The summed E-state index contributed by atoms with van der Waals surface area (Å²) in [6.07, 6.45) is 0.218. The highest BCUT2D eigenvalue weighted by Gasteiger charge is 2.11. The van der Waals surface area contributed by atoms with Crippen molar-refractivity contribution in [2.45, 2.75) is 13.0 Å². The van der Waals surface area contributed by atoms with Crippen LogP contribution in [0.2, 0.25) is 15.1 Å². The van der Waals surface area contributed by atoms with E-state index in [1.165, 1.54) is 0 Å². The summed E-state index contributed by atoms with van der Waals surface area (Å²) >= 11 is 18.6. The zero-order chi connectivity index (χ0) is 19.2. The van der Waals surface area contributed by atoms with Gasteiger partial charge in [-0.3, -0.25) is 4.79 Å². The number of carbonyl (C=O) groups is 1. The number of para-hydroxylation sites is 2. The van der Waals surface area contributed by atoms with E-state index in [4.69, 9.17) is 34.8 Å². The highest BCUT2D eigenvalue weighted by atomic mass is 35.5. The molecule has 3 aromatic rings.